The Morgan fingerprint density at radius 2 is 2.04 bits per heavy atom. The second-order valence-electron chi connectivity index (χ2n) is 7.02. The highest BCUT2D eigenvalue weighted by molar-refractivity contribution is 6.07. The highest BCUT2D eigenvalue weighted by atomic mass is 16.2. The Morgan fingerprint density at radius 1 is 1.28 bits per heavy atom. The molecule has 1 saturated carbocycles. The zero-order valence-electron chi connectivity index (χ0n) is 13.9. The molecule has 1 saturated heterocycles. The smallest absolute Gasteiger partial charge is 0.255 e. The molecule has 0 aromatic heterocycles. The average Bonchev–Trinajstić information content (AvgIpc) is 3.16. The van der Waals surface area contributed by atoms with Gasteiger partial charge in [-0.3, -0.25) is 24.5 Å². The van der Waals surface area contributed by atoms with Gasteiger partial charge < -0.3 is 10.2 Å². The van der Waals surface area contributed by atoms with Gasteiger partial charge in [-0.25, -0.2) is 0 Å². The first-order valence-corrected chi connectivity index (χ1v) is 8.53. The van der Waals surface area contributed by atoms with E-state index in [1.54, 1.807) is 18.2 Å². The van der Waals surface area contributed by atoms with Gasteiger partial charge in [-0.05, 0) is 36.5 Å². The molecule has 7 heteroatoms. The lowest BCUT2D eigenvalue weighted by molar-refractivity contribution is -0.136. The summed E-state index contributed by atoms with van der Waals surface area (Å²) in [6, 6.07) is 4.61. The molecule has 3 unspecified atom stereocenters. The fourth-order valence-electron chi connectivity index (χ4n) is 3.57. The molecule has 2 N–H and O–H groups in total. The minimum absolute atomic E-state index is 0.177. The molecule has 1 aromatic carbocycles. The summed E-state index contributed by atoms with van der Waals surface area (Å²) in [5.74, 6) is -0.718. The van der Waals surface area contributed by atoms with Crippen LogP contribution in [0.3, 0.4) is 0 Å². The number of fused-ring (bicyclic) bond motifs is 1. The van der Waals surface area contributed by atoms with Crippen LogP contribution in [-0.2, 0) is 16.1 Å². The van der Waals surface area contributed by atoms with Crippen molar-refractivity contribution in [2.45, 2.75) is 44.8 Å². The van der Waals surface area contributed by atoms with Gasteiger partial charge in [-0.1, -0.05) is 13.0 Å². The quantitative estimate of drug-likeness (QED) is 0.787. The standard InChI is InChI=1S/C18H19N3O4/c1-9-7-13(9)19-16(23)10-3-2-4-11-12(10)8-21(18(11)25)14-5-6-15(22)20-17(14)24/h2-4,9,13-14H,5-8H2,1H3,(H,19,23)(H,20,22,24). The van der Waals surface area contributed by atoms with E-state index in [1.807, 2.05) is 0 Å². The maximum absolute atomic E-state index is 12.7. The third kappa shape index (κ3) is 2.69. The Morgan fingerprint density at radius 3 is 2.72 bits per heavy atom. The second-order valence-corrected chi connectivity index (χ2v) is 7.02. The molecule has 1 aliphatic carbocycles. The molecule has 4 rings (SSSR count). The van der Waals surface area contributed by atoms with Crippen molar-refractivity contribution in [1.29, 1.82) is 0 Å². The molecule has 0 bridgehead atoms. The van der Waals surface area contributed by atoms with Crippen molar-refractivity contribution >= 4 is 23.6 Å². The Bertz CT molecular complexity index is 804. The van der Waals surface area contributed by atoms with E-state index in [1.165, 1.54) is 4.90 Å². The van der Waals surface area contributed by atoms with Gasteiger partial charge in [0.1, 0.15) is 6.04 Å². The number of nitrogens with one attached hydrogen (secondary N) is 2. The van der Waals surface area contributed by atoms with E-state index in [0.29, 0.717) is 29.0 Å². The van der Waals surface area contributed by atoms with Crippen molar-refractivity contribution < 1.29 is 19.2 Å². The fraction of sp³-hybridized carbons (Fsp3) is 0.444. The number of hydrogen-bond acceptors (Lipinski definition) is 4. The summed E-state index contributed by atoms with van der Waals surface area (Å²) < 4.78 is 0. The van der Waals surface area contributed by atoms with E-state index in [4.69, 9.17) is 0 Å². The normalized spacial score (nSPS) is 27.8. The summed E-state index contributed by atoms with van der Waals surface area (Å²) in [5, 5.41) is 5.26. The second kappa shape index (κ2) is 5.68. The Labute approximate surface area is 144 Å². The van der Waals surface area contributed by atoms with Crippen LogP contribution >= 0.6 is 0 Å². The van der Waals surface area contributed by atoms with Crippen molar-refractivity contribution in [2.75, 3.05) is 0 Å². The molecule has 0 radical (unpaired) electrons. The largest absolute Gasteiger partial charge is 0.349 e. The summed E-state index contributed by atoms with van der Waals surface area (Å²) >= 11 is 0. The van der Waals surface area contributed by atoms with Crippen molar-refractivity contribution in [1.82, 2.24) is 15.5 Å². The third-order valence-corrected chi connectivity index (χ3v) is 5.25. The summed E-state index contributed by atoms with van der Waals surface area (Å²) in [6.45, 7) is 2.29. The highest BCUT2D eigenvalue weighted by Crippen LogP contribution is 2.32. The van der Waals surface area contributed by atoms with Crippen LogP contribution in [0.1, 0.15) is 52.5 Å². The lowest BCUT2D eigenvalue weighted by Crippen LogP contribution is -2.52. The van der Waals surface area contributed by atoms with Crippen LogP contribution < -0.4 is 10.6 Å². The molecule has 2 heterocycles. The Kier molecular flexibility index (Phi) is 3.59. The van der Waals surface area contributed by atoms with Crippen LogP contribution in [-0.4, -0.2) is 40.6 Å². The van der Waals surface area contributed by atoms with E-state index >= 15 is 0 Å². The van der Waals surface area contributed by atoms with Gasteiger partial charge in [-0.2, -0.15) is 0 Å². The molecule has 1 aromatic rings. The predicted molar refractivity (Wildman–Crippen MR) is 87.5 cm³/mol. The Hall–Kier alpha value is -2.70. The molecule has 3 aliphatic rings. The number of carbonyl (C=O) groups is 4. The number of imide groups is 1. The van der Waals surface area contributed by atoms with Crippen LogP contribution in [0.5, 0.6) is 0 Å². The van der Waals surface area contributed by atoms with Crippen LogP contribution in [0, 0.1) is 5.92 Å². The number of rotatable bonds is 3. The topological polar surface area (TPSA) is 95.6 Å². The van der Waals surface area contributed by atoms with E-state index < -0.39 is 11.9 Å². The van der Waals surface area contributed by atoms with E-state index in [0.717, 1.165) is 6.42 Å². The number of hydrogen-bond donors (Lipinski definition) is 2. The van der Waals surface area contributed by atoms with Crippen molar-refractivity contribution in [3.05, 3.63) is 34.9 Å². The highest BCUT2D eigenvalue weighted by Gasteiger charge is 2.41. The number of amides is 4. The summed E-state index contributed by atoms with van der Waals surface area (Å²) in [5.41, 5.74) is 1.60. The first-order chi connectivity index (χ1) is 12.0. The molecule has 0 spiro atoms. The Balaban J connectivity index is 1.58. The molecule has 4 amide bonds. The van der Waals surface area contributed by atoms with Gasteiger partial charge >= 0.3 is 0 Å². The van der Waals surface area contributed by atoms with Gasteiger partial charge in [0.2, 0.25) is 11.8 Å². The molecule has 2 fully saturated rings. The molecule has 3 atom stereocenters. The number of nitrogens with zero attached hydrogens (tertiary/aromatic N) is 1. The zero-order valence-corrected chi connectivity index (χ0v) is 13.9. The zero-order chi connectivity index (χ0) is 17.7. The van der Waals surface area contributed by atoms with Crippen LogP contribution in [0.2, 0.25) is 0 Å². The number of piperidine rings is 1. The molecule has 2 aliphatic heterocycles. The van der Waals surface area contributed by atoms with Crippen molar-refractivity contribution in [3.8, 4) is 0 Å². The minimum atomic E-state index is -0.669. The monoisotopic (exact) mass is 341 g/mol. The first-order valence-electron chi connectivity index (χ1n) is 8.53. The van der Waals surface area contributed by atoms with E-state index in [-0.39, 0.29) is 36.7 Å². The van der Waals surface area contributed by atoms with E-state index in [9.17, 15) is 19.2 Å². The maximum atomic E-state index is 12.7. The fourth-order valence-corrected chi connectivity index (χ4v) is 3.57. The lowest BCUT2D eigenvalue weighted by atomic mass is 10.0. The van der Waals surface area contributed by atoms with Crippen molar-refractivity contribution in [2.24, 2.45) is 5.92 Å². The molecular formula is C18H19N3O4. The average molecular weight is 341 g/mol. The summed E-state index contributed by atoms with van der Waals surface area (Å²) in [4.78, 5) is 50.1. The van der Waals surface area contributed by atoms with Gasteiger partial charge in [0.15, 0.2) is 0 Å². The number of carbonyl (C=O) groups excluding carboxylic acids is 4. The molecular weight excluding hydrogens is 322 g/mol. The van der Waals surface area contributed by atoms with E-state index in [2.05, 4.69) is 17.6 Å². The van der Waals surface area contributed by atoms with Gasteiger partial charge in [0.05, 0.1) is 0 Å². The van der Waals surface area contributed by atoms with Crippen LogP contribution in [0.15, 0.2) is 18.2 Å². The van der Waals surface area contributed by atoms with Crippen LogP contribution in [0.25, 0.3) is 0 Å². The number of benzene rings is 1. The van der Waals surface area contributed by atoms with Gasteiger partial charge in [0.25, 0.3) is 11.8 Å². The van der Waals surface area contributed by atoms with Crippen LogP contribution in [0.4, 0.5) is 0 Å². The summed E-state index contributed by atoms with van der Waals surface area (Å²) in [7, 11) is 0. The minimum Gasteiger partial charge on any atom is -0.349 e. The van der Waals surface area contributed by atoms with Crippen molar-refractivity contribution in [3.63, 3.8) is 0 Å². The molecule has 7 nitrogen and oxygen atoms in total. The molecule has 25 heavy (non-hydrogen) atoms. The summed E-state index contributed by atoms with van der Waals surface area (Å²) in [6.07, 6.45) is 1.50. The van der Waals surface area contributed by atoms with Gasteiger partial charge in [0, 0.05) is 30.1 Å². The maximum Gasteiger partial charge on any atom is 0.255 e. The lowest BCUT2D eigenvalue weighted by Gasteiger charge is -2.29. The first kappa shape index (κ1) is 15.8. The predicted octanol–water partition coefficient (Wildman–Crippen LogP) is 0.586. The van der Waals surface area contributed by atoms with Gasteiger partial charge in [-0.15, -0.1) is 0 Å². The molecule has 130 valence electrons. The third-order valence-electron chi connectivity index (χ3n) is 5.25. The SMILES string of the molecule is CC1CC1NC(=O)c1cccc2c1CN(C1CCC(=O)NC1=O)C2=O.